The van der Waals surface area contributed by atoms with E-state index in [9.17, 15) is 9.59 Å². The van der Waals surface area contributed by atoms with Gasteiger partial charge in [-0.3, -0.25) is 9.59 Å². The molecule has 2 saturated heterocycles. The van der Waals surface area contributed by atoms with E-state index in [0.717, 1.165) is 31.5 Å². The lowest BCUT2D eigenvalue weighted by molar-refractivity contribution is -0.141. The van der Waals surface area contributed by atoms with Crippen LogP contribution in [0.1, 0.15) is 32.6 Å². The van der Waals surface area contributed by atoms with Crippen molar-refractivity contribution in [3.63, 3.8) is 0 Å². The minimum Gasteiger partial charge on any atom is -0.484 e. The van der Waals surface area contributed by atoms with Crippen LogP contribution in [-0.2, 0) is 14.3 Å². The Morgan fingerprint density at radius 3 is 2.76 bits per heavy atom. The lowest BCUT2D eigenvalue weighted by Crippen LogP contribution is -2.47. The Hall–Kier alpha value is -2.08. The number of piperidine rings is 1. The van der Waals surface area contributed by atoms with Gasteiger partial charge in [0.25, 0.3) is 5.91 Å². The molecular weight excluding hydrogens is 320 g/mol. The number of anilines is 1. The van der Waals surface area contributed by atoms with Gasteiger partial charge in [0, 0.05) is 31.7 Å². The van der Waals surface area contributed by atoms with Crippen molar-refractivity contribution in [2.24, 2.45) is 0 Å². The third kappa shape index (κ3) is 4.51. The van der Waals surface area contributed by atoms with Gasteiger partial charge in [-0.05, 0) is 43.5 Å². The summed E-state index contributed by atoms with van der Waals surface area (Å²) in [5.74, 6) is 0.798. The quantitative estimate of drug-likeness (QED) is 0.820. The van der Waals surface area contributed by atoms with Crippen LogP contribution in [0.3, 0.4) is 0 Å². The summed E-state index contributed by atoms with van der Waals surface area (Å²) in [6.07, 6.45) is 3.65. The molecule has 0 spiro atoms. The first kappa shape index (κ1) is 17.7. The first-order chi connectivity index (χ1) is 12.2. The molecule has 2 heterocycles. The maximum absolute atomic E-state index is 12.3. The van der Waals surface area contributed by atoms with Crippen LogP contribution in [0.2, 0.25) is 0 Å². The van der Waals surface area contributed by atoms with Crippen molar-refractivity contribution >= 4 is 17.5 Å². The SMILES string of the molecule is CCC1CN(C(=O)COc2ccc(N3CCCCC3=O)cc2)CCO1. The van der Waals surface area contributed by atoms with Gasteiger partial charge in [-0.15, -0.1) is 0 Å². The van der Waals surface area contributed by atoms with Crippen molar-refractivity contribution in [3.05, 3.63) is 24.3 Å². The van der Waals surface area contributed by atoms with Crippen molar-refractivity contribution in [2.75, 3.05) is 37.7 Å². The molecule has 1 aromatic carbocycles. The first-order valence-electron chi connectivity index (χ1n) is 9.10. The molecule has 2 amide bonds. The van der Waals surface area contributed by atoms with Crippen molar-refractivity contribution < 1.29 is 19.1 Å². The number of carbonyl (C=O) groups is 2. The van der Waals surface area contributed by atoms with Crippen molar-refractivity contribution in [1.82, 2.24) is 4.90 Å². The topological polar surface area (TPSA) is 59.1 Å². The Morgan fingerprint density at radius 2 is 2.04 bits per heavy atom. The summed E-state index contributed by atoms with van der Waals surface area (Å²) < 4.78 is 11.2. The van der Waals surface area contributed by atoms with Crippen LogP contribution in [0.5, 0.6) is 5.75 Å². The highest BCUT2D eigenvalue weighted by Gasteiger charge is 2.23. The molecule has 1 atom stereocenters. The van der Waals surface area contributed by atoms with E-state index in [1.54, 1.807) is 4.90 Å². The Bertz CT molecular complexity index is 602. The van der Waals surface area contributed by atoms with Gasteiger partial charge in [-0.2, -0.15) is 0 Å². The van der Waals surface area contributed by atoms with Crippen LogP contribution in [0, 0.1) is 0 Å². The number of benzene rings is 1. The first-order valence-corrected chi connectivity index (χ1v) is 9.10. The largest absolute Gasteiger partial charge is 0.484 e. The van der Waals surface area contributed by atoms with E-state index in [1.807, 2.05) is 29.2 Å². The lowest BCUT2D eigenvalue weighted by atomic mass is 10.1. The fourth-order valence-corrected chi connectivity index (χ4v) is 3.23. The molecule has 1 unspecified atom stereocenters. The highest BCUT2D eigenvalue weighted by atomic mass is 16.5. The normalized spacial score (nSPS) is 21.3. The van der Waals surface area contributed by atoms with Crippen LogP contribution < -0.4 is 9.64 Å². The van der Waals surface area contributed by atoms with Crippen molar-refractivity contribution in [1.29, 1.82) is 0 Å². The van der Waals surface area contributed by atoms with E-state index < -0.39 is 0 Å². The van der Waals surface area contributed by atoms with E-state index in [1.165, 1.54) is 0 Å². The molecule has 0 aromatic heterocycles. The molecule has 1 aromatic rings. The van der Waals surface area contributed by atoms with E-state index in [4.69, 9.17) is 9.47 Å². The van der Waals surface area contributed by atoms with Crippen molar-refractivity contribution in [3.8, 4) is 5.75 Å². The van der Waals surface area contributed by atoms with Crippen LogP contribution in [0.4, 0.5) is 5.69 Å². The Balaban J connectivity index is 1.51. The number of nitrogens with zero attached hydrogens (tertiary/aromatic N) is 2. The average Bonchev–Trinajstić information content (AvgIpc) is 2.67. The highest BCUT2D eigenvalue weighted by Crippen LogP contribution is 2.23. The van der Waals surface area contributed by atoms with Gasteiger partial charge in [-0.1, -0.05) is 6.92 Å². The van der Waals surface area contributed by atoms with Gasteiger partial charge in [0.15, 0.2) is 6.61 Å². The van der Waals surface area contributed by atoms with Gasteiger partial charge in [0.05, 0.1) is 12.7 Å². The predicted octanol–water partition coefficient (Wildman–Crippen LogP) is 2.22. The summed E-state index contributed by atoms with van der Waals surface area (Å²) in [6.45, 7) is 4.70. The number of carbonyl (C=O) groups excluding carboxylic acids is 2. The van der Waals surface area contributed by atoms with Crippen LogP contribution >= 0.6 is 0 Å². The van der Waals surface area contributed by atoms with Gasteiger partial charge < -0.3 is 19.3 Å². The molecule has 0 saturated carbocycles. The monoisotopic (exact) mass is 346 g/mol. The summed E-state index contributed by atoms with van der Waals surface area (Å²) in [7, 11) is 0. The van der Waals surface area contributed by atoms with E-state index >= 15 is 0 Å². The van der Waals surface area contributed by atoms with Crippen LogP contribution in [0.25, 0.3) is 0 Å². The zero-order valence-corrected chi connectivity index (χ0v) is 14.8. The average molecular weight is 346 g/mol. The molecular formula is C19H26N2O4. The smallest absolute Gasteiger partial charge is 0.260 e. The zero-order chi connectivity index (χ0) is 17.6. The Kier molecular flexibility index (Phi) is 5.91. The zero-order valence-electron chi connectivity index (χ0n) is 14.8. The molecule has 6 heteroatoms. The molecule has 3 rings (SSSR count). The van der Waals surface area contributed by atoms with E-state index in [2.05, 4.69) is 6.92 Å². The van der Waals surface area contributed by atoms with Gasteiger partial charge in [-0.25, -0.2) is 0 Å². The molecule has 0 N–H and O–H groups in total. The Labute approximate surface area is 148 Å². The second kappa shape index (κ2) is 8.34. The number of rotatable bonds is 5. The summed E-state index contributed by atoms with van der Waals surface area (Å²) in [5, 5.41) is 0. The summed E-state index contributed by atoms with van der Waals surface area (Å²) in [4.78, 5) is 27.9. The van der Waals surface area contributed by atoms with Gasteiger partial charge in [0.1, 0.15) is 5.75 Å². The molecule has 2 aliphatic heterocycles. The molecule has 0 radical (unpaired) electrons. The molecule has 0 aliphatic carbocycles. The third-order valence-electron chi connectivity index (χ3n) is 4.78. The molecule has 2 aliphatic rings. The second-order valence-electron chi connectivity index (χ2n) is 6.53. The number of hydrogen-bond donors (Lipinski definition) is 0. The van der Waals surface area contributed by atoms with Crippen LogP contribution in [0.15, 0.2) is 24.3 Å². The maximum Gasteiger partial charge on any atom is 0.260 e. The minimum atomic E-state index is -0.0166. The number of morpholine rings is 1. The van der Waals surface area contributed by atoms with Crippen LogP contribution in [-0.4, -0.2) is 55.7 Å². The summed E-state index contributed by atoms with van der Waals surface area (Å²) in [5.41, 5.74) is 0.891. The minimum absolute atomic E-state index is 0.0166. The summed E-state index contributed by atoms with van der Waals surface area (Å²) in [6, 6.07) is 7.40. The fraction of sp³-hybridized carbons (Fsp3) is 0.579. The molecule has 136 valence electrons. The summed E-state index contributed by atoms with van der Waals surface area (Å²) >= 11 is 0. The van der Waals surface area contributed by atoms with E-state index in [0.29, 0.717) is 31.9 Å². The van der Waals surface area contributed by atoms with E-state index in [-0.39, 0.29) is 24.5 Å². The molecule has 25 heavy (non-hydrogen) atoms. The van der Waals surface area contributed by atoms with Crippen molar-refractivity contribution in [2.45, 2.75) is 38.7 Å². The standard InChI is InChI=1S/C19H26N2O4/c1-2-16-13-20(11-12-24-16)19(23)14-25-17-8-6-15(7-9-17)21-10-4-3-5-18(21)22/h6-9,16H,2-5,10-14H2,1H3. The lowest BCUT2D eigenvalue weighted by Gasteiger charge is -2.32. The number of amides is 2. The molecule has 0 bridgehead atoms. The molecule has 6 nitrogen and oxygen atoms in total. The van der Waals surface area contributed by atoms with Gasteiger partial charge >= 0.3 is 0 Å². The highest BCUT2D eigenvalue weighted by molar-refractivity contribution is 5.94. The third-order valence-corrected chi connectivity index (χ3v) is 4.78. The van der Waals surface area contributed by atoms with Gasteiger partial charge in [0.2, 0.25) is 5.91 Å². The fourth-order valence-electron chi connectivity index (χ4n) is 3.23. The second-order valence-corrected chi connectivity index (χ2v) is 6.53. The molecule has 2 fully saturated rings. The Morgan fingerprint density at radius 1 is 1.24 bits per heavy atom. The predicted molar refractivity (Wildman–Crippen MR) is 94.8 cm³/mol. The maximum atomic E-state index is 12.3. The number of hydrogen-bond acceptors (Lipinski definition) is 4. The number of ether oxygens (including phenoxy) is 2.